The van der Waals surface area contributed by atoms with E-state index in [2.05, 4.69) is 21.2 Å². The lowest BCUT2D eigenvalue weighted by atomic mass is 10.1. The molecular weight excluding hydrogens is 335 g/mol. The number of halogens is 2. The predicted octanol–water partition coefficient (Wildman–Crippen LogP) is 4.13. The molecule has 0 atom stereocenters. The predicted molar refractivity (Wildman–Crippen MR) is 82.8 cm³/mol. The first kappa shape index (κ1) is 14.9. The SMILES string of the molecule is N#C/C(=C\c1cccc(Br)c1)C(=O)Nc1ccc(F)cc1. The highest BCUT2D eigenvalue weighted by molar-refractivity contribution is 9.10. The van der Waals surface area contributed by atoms with Crippen LogP contribution in [0.25, 0.3) is 6.08 Å². The fourth-order valence-electron chi connectivity index (χ4n) is 1.64. The van der Waals surface area contributed by atoms with Gasteiger partial charge in [-0.1, -0.05) is 28.1 Å². The Kier molecular flexibility index (Phi) is 4.85. The van der Waals surface area contributed by atoms with Crippen LogP contribution < -0.4 is 5.32 Å². The van der Waals surface area contributed by atoms with Crippen molar-refractivity contribution in [2.75, 3.05) is 5.32 Å². The number of hydrogen-bond donors (Lipinski definition) is 1. The van der Waals surface area contributed by atoms with E-state index in [9.17, 15) is 9.18 Å². The molecule has 2 aromatic rings. The molecule has 0 spiro atoms. The van der Waals surface area contributed by atoms with Crippen molar-refractivity contribution in [2.24, 2.45) is 0 Å². The molecule has 0 aliphatic carbocycles. The number of nitrogens with one attached hydrogen (secondary N) is 1. The second-order valence-electron chi connectivity index (χ2n) is 4.19. The molecule has 0 radical (unpaired) electrons. The fourth-order valence-corrected chi connectivity index (χ4v) is 2.06. The van der Waals surface area contributed by atoms with E-state index in [1.807, 2.05) is 18.2 Å². The van der Waals surface area contributed by atoms with Gasteiger partial charge in [-0.05, 0) is 48.0 Å². The Labute approximate surface area is 129 Å². The van der Waals surface area contributed by atoms with E-state index in [4.69, 9.17) is 5.26 Å². The molecule has 0 saturated carbocycles. The Morgan fingerprint density at radius 1 is 1.24 bits per heavy atom. The van der Waals surface area contributed by atoms with Gasteiger partial charge in [-0.25, -0.2) is 4.39 Å². The van der Waals surface area contributed by atoms with Crippen molar-refractivity contribution in [1.82, 2.24) is 0 Å². The molecule has 104 valence electrons. The summed E-state index contributed by atoms with van der Waals surface area (Å²) in [7, 11) is 0. The van der Waals surface area contributed by atoms with Gasteiger partial charge in [0.2, 0.25) is 0 Å². The first-order valence-corrected chi connectivity index (χ1v) is 6.82. The standard InChI is InChI=1S/C16H10BrFN2O/c17-13-3-1-2-11(9-13)8-12(10-19)16(21)20-15-6-4-14(18)5-7-15/h1-9H,(H,20,21)/b12-8+. The van der Waals surface area contributed by atoms with Crippen molar-refractivity contribution in [1.29, 1.82) is 5.26 Å². The van der Waals surface area contributed by atoms with Crippen LogP contribution in [0.4, 0.5) is 10.1 Å². The first-order valence-electron chi connectivity index (χ1n) is 6.03. The number of carbonyl (C=O) groups excluding carboxylic acids is 1. The average Bonchev–Trinajstić information content (AvgIpc) is 2.47. The second-order valence-corrected chi connectivity index (χ2v) is 5.10. The number of hydrogen-bond acceptors (Lipinski definition) is 2. The third kappa shape index (κ3) is 4.26. The van der Waals surface area contributed by atoms with Crippen molar-refractivity contribution in [3.63, 3.8) is 0 Å². The molecule has 2 aromatic carbocycles. The summed E-state index contributed by atoms with van der Waals surface area (Å²) >= 11 is 3.32. The van der Waals surface area contributed by atoms with Crippen LogP contribution in [0.5, 0.6) is 0 Å². The van der Waals surface area contributed by atoms with Gasteiger partial charge < -0.3 is 5.32 Å². The first-order chi connectivity index (χ1) is 10.1. The number of rotatable bonds is 3. The van der Waals surface area contributed by atoms with Gasteiger partial charge in [-0.3, -0.25) is 4.79 Å². The number of nitrogens with zero attached hydrogens (tertiary/aromatic N) is 1. The van der Waals surface area contributed by atoms with Crippen LogP contribution in [0.15, 0.2) is 58.6 Å². The van der Waals surface area contributed by atoms with Crippen LogP contribution in [0.3, 0.4) is 0 Å². The summed E-state index contributed by atoms with van der Waals surface area (Å²) in [6.07, 6.45) is 1.49. The van der Waals surface area contributed by atoms with Crippen LogP contribution in [0, 0.1) is 17.1 Å². The Bertz CT molecular complexity index is 733. The Morgan fingerprint density at radius 3 is 2.57 bits per heavy atom. The summed E-state index contributed by atoms with van der Waals surface area (Å²) in [6.45, 7) is 0. The molecule has 0 unspecified atom stereocenters. The van der Waals surface area contributed by atoms with Crippen molar-refractivity contribution in [3.8, 4) is 6.07 Å². The van der Waals surface area contributed by atoms with Crippen LogP contribution in [0.1, 0.15) is 5.56 Å². The minimum atomic E-state index is -0.538. The lowest BCUT2D eigenvalue weighted by molar-refractivity contribution is -0.112. The number of nitriles is 1. The van der Waals surface area contributed by atoms with E-state index >= 15 is 0 Å². The summed E-state index contributed by atoms with van der Waals surface area (Å²) in [6, 6.07) is 14.4. The number of benzene rings is 2. The maximum atomic E-state index is 12.8. The Morgan fingerprint density at radius 2 is 1.95 bits per heavy atom. The summed E-state index contributed by atoms with van der Waals surface area (Å²) in [4.78, 5) is 12.0. The van der Waals surface area contributed by atoms with E-state index in [1.165, 1.54) is 30.3 Å². The van der Waals surface area contributed by atoms with Crippen LogP contribution >= 0.6 is 15.9 Å². The number of anilines is 1. The van der Waals surface area contributed by atoms with E-state index in [-0.39, 0.29) is 5.57 Å². The third-order valence-corrected chi connectivity index (χ3v) is 3.12. The van der Waals surface area contributed by atoms with Crippen LogP contribution in [-0.4, -0.2) is 5.91 Å². The van der Waals surface area contributed by atoms with Gasteiger partial charge in [0.15, 0.2) is 0 Å². The topological polar surface area (TPSA) is 52.9 Å². The van der Waals surface area contributed by atoms with Crippen molar-refractivity contribution >= 4 is 33.6 Å². The van der Waals surface area contributed by atoms with Crippen molar-refractivity contribution in [3.05, 3.63) is 70.0 Å². The molecule has 1 N–H and O–H groups in total. The van der Waals surface area contributed by atoms with Gasteiger partial charge in [-0.2, -0.15) is 5.26 Å². The maximum absolute atomic E-state index is 12.8. The fraction of sp³-hybridized carbons (Fsp3) is 0. The lowest BCUT2D eigenvalue weighted by Crippen LogP contribution is -2.13. The lowest BCUT2D eigenvalue weighted by Gasteiger charge is -2.04. The maximum Gasteiger partial charge on any atom is 0.266 e. The quantitative estimate of drug-likeness (QED) is 0.672. The van der Waals surface area contributed by atoms with Crippen molar-refractivity contribution in [2.45, 2.75) is 0 Å². The van der Waals surface area contributed by atoms with Crippen molar-refractivity contribution < 1.29 is 9.18 Å². The number of carbonyl (C=O) groups is 1. The molecule has 0 aliphatic heterocycles. The van der Waals surface area contributed by atoms with Crippen LogP contribution in [-0.2, 0) is 4.79 Å². The Balaban J connectivity index is 2.19. The molecule has 0 heterocycles. The third-order valence-electron chi connectivity index (χ3n) is 2.63. The molecule has 0 fully saturated rings. The van der Waals surface area contributed by atoms with Gasteiger partial charge in [0.25, 0.3) is 5.91 Å². The van der Waals surface area contributed by atoms with E-state index in [1.54, 1.807) is 12.1 Å². The highest BCUT2D eigenvalue weighted by Gasteiger charge is 2.09. The molecule has 21 heavy (non-hydrogen) atoms. The summed E-state index contributed by atoms with van der Waals surface area (Å²) in [5.41, 5.74) is 1.13. The van der Waals surface area contributed by atoms with E-state index in [0.29, 0.717) is 5.69 Å². The molecule has 0 aliphatic rings. The zero-order valence-corrected chi connectivity index (χ0v) is 12.4. The average molecular weight is 345 g/mol. The smallest absolute Gasteiger partial charge is 0.266 e. The van der Waals surface area contributed by atoms with E-state index in [0.717, 1.165) is 10.0 Å². The minimum Gasteiger partial charge on any atom is -0.321 e. The van der Waals surface area contributed by atoms with E-state index < -0.39 is 11.7 Å². The molecule has 0 saturated heterocycles. The van der Waals surface area contributed by atoms with Gasteiger partial charge in [0, 0.05) is 10.2 Å². The zero-order valence-electron chi connectivity index (χ0n) is 10.8. The highest BCUT2D eigenvalue weighted by Crippen LogP contribution is 2.15. The molecule has 0 bridgehead atoms. The zero-order chi connectivity index (χ0) is 15.2. The normalized spacial score (nSPS) is 10.8. The highest BCUT2D eigenvalue weighted by atomic mass is 79.9. The molecule has 0 aromatic heterocycles. The summed E-state index contributed by atoms with van der Waals surface area (Å²) in [5, 5.41) is 11.6. The summed E-state index contributed by atoms with van der Waals surface area (Å²) < 4.78 is 13.6. The monoisotopic (exact) mass is 344 g/mol. The Hall–Kier alpha value is -2.45. The molecule has 3 nitrogen and oxygen atoms in total. The second kappa shape index (κ2) is 6.82. The summed E-state index contributed by atoms with van der Waals surface area (Å²) in [5.74, 6) is -0.928. The van der Waals surface area contributed by atoms with Gasteiger partial charge in [0.1, 0.15) is 17.5 Å². The minimum absolute atomic E-state index is 0.0302. The van der Waals surface area contributed by atoms with Crippen LogP contribution in [0.2, 0.25) is 0 Å². The molecule has 1 amide bonds. The number of amides is 1. The largest absolute Gasteiger partial charge is 0.321 e. The van der Waals surface area contributed by atoms with Gasteiger partial charge >= 0.3 is 0 Å². The van der Waals surface area contributed by atoms with Gasteiger partial charge in [0.05, 0.1) is 0 Å². The molecular formula is C16H10BrFN2O. The molecule has 5 heteroatoms. The van der Waals surface area contributed by atoms with Gasteiger partial charge in [-0.15, -0.1) is 0 Å². The molecule has 2 rings (SSSR count).